The molecule has 0 aromatic carbocycles. The molecule has 0 saturated heterocycles. The number of fused-ring (bicyclic) bond motifs is 1. The lowest BCUT2D eigenvalue weighted by Gasteiger charge is -2.24. The average molecular weight is 219 g/mol. The van der Waals surface area contributed by atoms with Crippen LogP contribution in [0.15, 0.2) is 0 Å². The van der Waals surface area contributed by atoms with Gasteiger partial charge < -0.3 is 21.1 Å². The van der Waals surface area contributed by atoms with Gasteiger partial charge in [0, 0.05) is 18.3 Å². The molecule has 0 heterocycles. The van der Waals surface area contributed by atoms with Crippen LogP contribution in [0.5, 0.6) is 0 Å². The van der Waals surface area contributed by atoms with Crippen molar-refractivity contribution in [2.24, 2.45) is 17.6 Å². The summed E-state index contributed by atoms with van der Waals surface area (Å²) in [6.07, 6.45) is -1.62. The first-order valence-electron chi connectivity index (χ1n) is 4.39. The molecule has 2 rings (SSSR count). The van der Waals surface area contributed by atoms with Gasteiger partial charge in [-0.3, -0.25) is 4.79 Å². The fourth-order valence-electron chi connectivity index (χ4n) is 2.68. The van der Waals surface area contributed by atoms with Gasteiger partial charge in [-0.1, -0.05) is 0 Å². The van der Waals surface area contributed by atoms with Crippen LogP contribution in [0.4, 0.5) is 4.39 Å². The third-order valence-electron chi connectivity index (χ3n) is 3.43. The van der Waals surface area contributed by atoms with Gasteiger partial charge in [0.25, 0.3) is 0 Å². The summed E-state index contributed by atoms with van der Waals surface area (Å²) in [6, 6.07) is 0. The monoisotopic (exact) mass is 219 g/mol. The average Bonchev–Trinajstić information content (AvgIpc) is 2.63. The highest BCUT2D eigenvalue weighted by Crippen LogP contribution is 2.66. The van der Waals surface area contributed by atoms with Crippen molar-refractivity contribution in [2.45, 2.75) is 23.7 Å². The Balaban J connectivity index is 2.37. The molecule has 0 aromatic rings. The van der Waals surface area contributed by atoms with Crippen LogP contribution in [0.3, 0.4) is 0 Å². The maximum Gasteiger partial charge on any atom is 0.342 e. The van der Waals surface area contributed by atoms with Gasteiger partial charge in [0.05, 0.1) is 6.10 Å². The molecule has 5 N–H and O–H groups in total. The number of halogens is 1. The topological polar surface area (TPSA) is 121 Å². The first-order chi connectivity index (χ1) is 6.76. The van der Waals surface area contributed by atoms with Crippen molar-refractivity contribution in [2.75, 3.05) is 0 Å². The fraction of sp³-hybridized carbons (Fsp3) is 0.750. The molecule has 2 aliphatic rings. The van der Waals surface area contributed by atoms with E-state index in [2.05, 4.69) is 0 Å². The fourth-order valence-corrected chi connectivity index (χ4v) is 2.68. The number of aliphatic hydroxyl groups excluding tert-OH is 1. The Bertz CT molecular complexity index is 361. The van der Waals surface area contributed by atoms with Crippen LogP contribution >= 0.6 is 0 Å². The van der Waals surface area contributed by atoms with Crippen molar-refractivity contribution in [3.63, 3.8) is 0 Å². The molecule has 0 aliphatic heterocycles. The van der Waals surface area contributed by atoms with Crippen molar-refractivity contribution in [3.8, 4) is 0 Å². The highest BCUT2D eigenvalue weighted by molar-refractivity contribution is 5.90. The molecule has 2 fully saturated rings. The molecule has 84 valence electrons. The van der Waals surface area contributed by atoms with Gasteiger partial charge in [-0.25, -0.2) is 9.18 Å². The number of carbonyl (C=O) groups is 2. The van der Waals surface area contributed by atoms with Gasteiger partial charge >= 0.3 is 11.9 Å². The molecule has 0 amide bonds. The van der Waals surface area contributed by atoms with E-state index in [0.717, 1.165) is 0 Å². The molecule has 0 spiro atoms. The molecule has 2 saturated carbocycles. The lowest BCUT2D eigenvalue weighted by Crippen LogP contribution is -2.53. The van der Waals surface area contributed by atoms with Crippen LogP contribution in [0.25, 0.3) is 0 Å². The number of rotatable bonds is 2. The van der Waals surface area contributed by atoms with E-state index in [0.29, 0.717) is 0 Å². The first kappa shape index (κ1) is 10.3. The van der Waals surface area contributed by atoms with Crippen molar-refractivity contribution >= 4 is 11.9 Å². The van der Waals surface area contributed by atoms with Crippen molar-refractivity contribution < 1.29 is 29.3 Å². The minimum atomic E-state index is -2.69. The molecule has 2 aliphatic carbocycles. The van der Waals surface area contributed by atoms with Gasteiger partial charge in [-0.2, -0.15) is 0 Å². The van der Waals surface area contributed by atoms with Crippen molar-refractivity contribution in [1.82, 2.24) is 0 Å². The van der Waals surface area contributed by atoms with Crippen LogP contribution in [-0.4, -0.2) is 44.6 Å². The normalized spacial score (nSPS) is 52.3. The molecule has 5 atom stereocenters. The number of carboxylic acid groups (broad SMARTS) is 2. The Kier molecular flexibility index (Phi) is 1.70. The van der Waals surface area contributed by atoms with Gasteiger partial charge in [0.1, 0.15) is 5.54 Å². The van der Waals surface area contributed by atoms with Crippen LogP contribution < -0.4 is 5.73 Å². The lowest BCUT2D eigenvalue weighted by atomic mass is 9.90. The Morgan fingerprint density at radius 3 is 2.20 bits per heavy atom. The molecule has 0 bridgehead atoms. The number of alkyl halides is 1. The van der Waals surface area contributed by atoms with E-state index in [1.165, 1.54) is 0 Å². The summed E-state index contributed by atoms with van der Waals surface area (Å²) in [5.41, 5.74) is 0.763. The van der Waals surface area contributed by atoms with E-state index in [4.69, 9.17) is 15.9 Å². The summed E-state index contributed by atoms with van der Waals surface area (Å²) >= 11 is 0. The lowest BCUT2D eigenvalue weighted by molar-refractivity contribution is -0.151. The van der Waals surface area contributed by atoms with E-state index in [9.17, 15) is 19.1 Å². The molecule has 6 nitrogen and oxygen atoms in total. The van der Waals surface area contributed by atoms with Crippen LogP contribution in [0.2, 0.25) is 0 Å². The molecular weight excluding hydrogens is 209 g/mol. The van der Waals surface area contributed by atoms with Gasteiger partial charge in [0.2, 0.25) is 5.67 Å². The maximum absolute atomic E-state index is 13.7. The van der Waals surface area contributed by atoms with Crippen molar-refractivity contribution in [3.05, 3.63) is 0 Å². The number of aliphatic carboxylic acids is 2. The van der Waals surface area contributed by atoms with Crippen molar-refractivity contribution in [1.29, 1.82) is 0 Å². The zero-order chi connectivity index (χ0) is 11.6. The van der Waals surface area contributed by atoms with E-state index in [1.807, 2.05) is 0 Å². The molecule has 7 heteroatoms. The summed E-state index contributed by atoms with van der Waals surface area (Å²) < 4.78 is 13.7. The molecule has 0 aromatic heterocycles. The minimum absolute atomic E-state index is 0.309. The first-order valence-corrected chi connectivity index (χ1v) is 4.39. The Labute approximate surface area is 83.5 Å². The number of hydrogen-bond acceptors (Lipinski definition) is 4. The SMILES string of the molecule is NC1(C(=O)O)CC(O)C2C1[C@@]2(F)C(=O)O. The quantitative estimate of drug-likeness (QED) is 0.452. The number of nitrogens with two attached hydrogens (primary N) is 1. The second-order valence-electron chi connectivity index (χ2n) is 4.19. The summed E-state index contributed by atoms with van der Waals surface area (Å²) in [7, 11) is 0. The molecule has 4 unspecified atom stereocenters. The minimum Gasteiger partial charge on any atom is -0.480 e. The predicted octanol–water partition coefficient (Wildman–Crippen LogP) is -1.43. The second kappa shape index (κ2) is 2.48. The molecule has 15 heavy (non-hydrogen) atoms. The van der Waals surface area contributed by atoms with E-state index >= 15 is 0 Å². The summed E-state index contributed by atoms with van der Waals surface area (Å²) in [4.78, 5) is 21.4. The highest BCUT2D eigenvalue weighted by atomic mass is 19.1. The Morgan fingerprint density at radius 1 is 1.33 bits per heavy atom. The standard InChI is InChI=1S/C8H10FNO5/c9-8(6(14)15)3-2(11)1-7(10,4(3)8)5(12)13/h2-4,11H,1,10H2,(H,12,13)(H,14,15)/t2?,3?,4?,7?,8-/m1/s1. The number of carboxylic acids is 2. The zero-order valence-corrected chi connectivity index (χ0v) is 7.55. The van der Waals surface area contributed by atoms with Crippen LogP contribution in [0, 0.1) is 11.8 Å². The highest BCUT2D eigenvalue weighted by Gasteiger charge is 2.85. The van der Waals surface area contributed by atoms with Gasteiger partial charge in [-0.15, -0.1) is 0 Å². The van der Waals surface area contributed by atoms with E-state index in [-0.39, 0.29) is 6.42 Å². The van der Waals surface area contributed by atoms with E-state index < -0.39 is 41.1 Å². The van der Waals surface area contributed by atoms with Crippen LogP contribution in [-0.2, 0) is 9.59 Å². The summed E-state index contributed by atoms with van der Waals surface area (Å²) in [6.45, 7) is 0. The van der Waals surface area contributed by atoms with E-state index in [1.54, 1.807) is 0 Å². The van der Waals surface area contributed by atoms with Gasteiger partial charge in [-0.05, 0) is 0 Å². The third-order valence-corrected chi connectivity index (χ3v) is 3.43. The smallest absolute Gasteiger partial charge is 0.342 e. The summed E-state index contributed by atoms with van der Waals surface area (Å²) in [5, 5.41) is 26.8. The van der Waals surface area contributed by atoms with Crippen LogP contribution in [0.1, 0.15) is 6.42 Å². The third kappa shape index (κ3) is 0.941. The Morgan fingerprint density at radius 2 is 1.87 bits per heavy atom. The predicted molar refractivity (Wildman–Crippen MR) is 43.6 cm³/mol. The van der Waals surface area contributed by atoms with Gasteiger partial charge in [0.15, 0.2) is 0 Å². The number of hydrogen-bond donors (Lipinski definition) is 4. The number of aliphatic hydroxyl groups is 1. The maximum atomic E-state index is 13.7. The molecule has 0 radical (unpaired) electrons. The Hall–Kier alpha value is -1.21. The largest absolute Gasteiger partial charge is 0.480 e. The zero-order valence-electron chi connectivity index (χ0n) is 7.55. The summed E-state index contributed by atoms with van der Waals surface area (Å²) in [5.74, 6) is -5.77. The second-order valence-corrected chi connectivity index (χ2v) is 4.19. The molecular formula is C8H10FNO5.